The number of fused-ring (bicyclic) bond motifs is 2. The van der Waals surface area contributed by atoms with Crippen LogP contribution in [0.5, 0.6) is 0 Å². The van der Waals surface area contributed by atoms with Crippen LogP contribution in [0.2, 0.25) is 0 Å². The molecule has 0 radical (unpaired) electrons. The minimum Gasteiger partial charge on any atom is -0.462 e. The van der Waals surface area contributed by atoms with Gasteiger partial charge in [-0.3, -0.25) is 9.59 Å². The summed E-state index contributed by atoms with van der Waals surface area (Å²) in [4.78, 5) is 24.6. The molecular weight excluding hydrogens is 408 g/mol. The Hall–Kier alpha value is -1.40. The van der Waals surface area contributed by atoms with Crippen molar-refractivity contribution in [1.82, 2.24) is 0 Å². The van der Waals surface area contributed by atoms with E-state index in [1.165, 1.54) is 12.5 Å². The molecule has 6 heteroatoms. The molecule has 3 heterocycles. The van der Waals surface area contributed by atoms with E-state index in [4.69, 9.17) is 18.9 Å². The topological polar surface area (TPSA) is 71.1 Å². The molecule has 0 amide bonds. The van der Waals surface area contributed by atoms with Crippen LogP contribution in [0.4, 0.5) is 0 Å². The van der Waals surface area contributed by atoms with E-state index in [2.05, 4.69) is 33.8 Å². The van der Waals surface area contributed by atoms with Gasteiger partial charge < -0.3 is 18.9 Å². The Bertz CT molecular complexity index is 761. The van der Waals surface area contributed by atoms with E-state index in [0.717, 1.165) is 19.3 Å². The minimum atomic E-state index is -0.744. The Balaban J connectivity index is 1.78. The Morgan fingerprint density at radius 1 is 1.19 bits per heavy atom. The first kappa shape index (κ1) is 23.7. The van der Waals surface area contributed by atoms with Gasteiger partial charge >= 0.3 is 11.9 Å². The smallest absolute Gasteiger partial charge is 0.306 e. The van der Waals surface area contributed by atoms with Crippen molar-refractivity contribution in [1.29, 1.82) is 0 Å². The maximum Gasteiger partial charge on any atom is 0.306 e. The third kappa shape index (κ3) is 4.13. The number of hydrogen-bond donors (Lipinski definition) is 0. The molecule has 0 unspecified atom stereocenters. The van der Waals surface area contributed by atoms with E-state index < -0.39 is 11.7 Å². The highest BCUT2D eigenvalue weighted by Gasteiger charge is 2.65. The van der Waals surface area contributed by atoms with Gasteiger partial charge in [-0.05, 0) is 50.9 Å². The van der Waals surface area contributed by atoms with Crippen LogP contribution >= 0.6 is 0 Å². The largest absolute Gasteiger partial charge is 0.462 e. The maximum absolute atomic E-state index is 12.6. The molecule has 1 aliphatic carbocycles. The van der Waals surface area contributed by atoms with E-state index in [1.807, 2.05) is 6.92 Å². The molecule has 1 saturated carbocycles. The third-order valence-electron chi connectivity index (χ3n) is 8.45. The van der Waals surface area contributed by atoms with Crippen LogP contribution in [0.15, 0.2) is 11.6 Å². The fourth-order valence-electron chi connectivity index (χ4n) is 6.88. The van der Waals surface area contributed by atoms with Gasteiger partial charge in [-0.2, -0.15) is 0 Å². The lowest BCUT2D eigenvalue weighted by atomic mass is 9.59. The zero-order valence-electron chi connectivity index (χ0n) is 20.5. The van der Waals surface area contributed by atoms with Gasteiger partial charge in [-0.25, -0.2) is 0 Å². The SMILES string of the molecule is CCCC(=O)O[C@H]1[C@@H]2[C@@H]3[C@@H](C[C@H]1C)[C@@H](C)CO[C@]1(C)[C@@H]3O[C@@H]2C/C(C)=C/C[C@H]1OC(C)=O. The van der Waals surface area contributed by atoms with E-state index in [-0.39, 0.29) is 48.0 Å². The average molecular weight is 449 g/mol. The summed E-state index contributed by atoms with van der Waals surface area (Å²) < 4.78 is 25.5. The molecule has 2 saturated heterocycles. The number of carbonyl (C=O) groups excluding carboxylic acids is 2. The molecule has 3 aliphatic heterocycles. The molecule has 0 spiro atoms. The monoisotopic (exact) mass is 448 g/mol. The van der Waals surface area contributed by atoms with Crippen molar-refractivity contribution in [2.24, 2.45) is 29.6 Å². The van der Waals surface area contributed by atoms with Crippen molar-refractivity contribution in [2.75, 3.05) is 6.61 Å². The summed E-state index contributed by atoms with van der Waals surface area (Å²) in [5, 5.41) is 0. The van der Waals surface area contributed by atoms with Gasteiger partial charge in [0.25, 0.3) is 0 Å². The number of ether oxygens (including phenoxy) is 4. The van der Waals surface area contributed by atoms with Crippen LogP contribution in [0.1, 0.15) is 73.6 Å². The second-order valence-corrected chi connectivity index (χ2v) is 10.9. The Morgan fingerprint density at radius 2 is 1.94 bits per heavy atom. The maximum atomic E-state index is 12.6. The first-order chi connectivity index (χ1) is 15.2. The quantitative estimate of drug-likeness (QED) is 0.467. The highest BCUT2D eigenvalue weighted by atomic mass is 16.6. The van der Waals surface area contributed by atoms with Crippen LogP contribution in [0.3, 0.4) is 0 Å². The highest BCUT2D eigenvalue weighted by Crippen LogP contribution is 2.57. The molecule has 2 bridgehead atoms. The molecule has 0 aromatic carbocycles. The van der Waals surface area contributed by atoms with E-state index >= 15 is 0 Å². The molecule has 32 heavy (non-hydrogen) atoms. The molecule has 3 fully saturated rings. The fraction of sp³-hybridized carbons (Fsp3) is 0.846. The van der Waals surface area contributed by atoms with E-state index in [0.29, 0.717) is 31.3 Å². The zero-order valence-corrected chi connectivity index (χ0v) is 20.5. The minimum absolute atomic E-state index is 0.0322. The molecular formula is C26H40O6. The summed E-state index contributed by atoms with van der Waals surface area (Å²) in [6.07, 6.45) is 5.02. The lowest BCUT2D eigenvalue weighted by Gasteiger charge is -2.47. The van der Waals surface area contributed by atoms with Crippen LogP contribution in [-0.4, -0.2) is 48.6 Å². The van der Waals surface area contributed by atoms with Crippen molar-refractivity contribution >= 4 is 11.9 Å². The van der Waals surface area contributed by atoms with E-state index in [1.54, 1.807) is 0 Å². The number of rotatable bonds is 4. The molecule has 10 atom stereocenters. The average Bonchev–Trinajstić information content (AvgIpc) is 3.07. The first-order valence-electron chi connectivity index (χ1n) is 12.5. The van der Waals surface area contributed by atoms with Gasteiger partial charge in [0.1, 0.15) is 17.8 Å². The highest BCUT2D eigenvalue weighted by molar-refractivity contribution is 5.69. The van der Waals surface area contributed by atoms with Gasteiger partial charge in [0.2, 0.25) is 0 Å². The van der Waals surface area contributed by atoms with E-state index in [9.17, 15) is 9.59 Å². The van der Waals surface area contributed by atoms with Crippen LogP contribution < -0.4 is 0 Å². The van der Waals surface area contributed by atoms with Gasteiger partial charge in [0.15, 0.2) is 0 Å². The Kier molecular flexibility index (Phi) is 6.75. The predicted molar refractivity (Wildman–Crippen MR) is 120 cm³/mol. The third-order valence-corrected chi connectivity index (χ3v) is 8.45. The molecule has 0 aromatic heterocycles. The second-order valence-electron chi connectivity index (χ2n) is 10.9. The summed E-state index contributed by atoms with van der Waals surface area (Å²) in [6.45, 7) is 12.7. The first-order valence-corrected chi connectivity index (χ1v) is 12.5. The standard InChI is InChI=1S/C26H40O6/c1-7-8-21(28)32-24-15(3)12-18-16(4)13-29-26(6)20(30-17(5)27)10-9-14(2)11-19-23(24)22(18)25(26)31-19/h9,15-16,18-20,22-25H,7-8,10-13H2,1-6H3/b14-9+/t15-,16+,18+,19-,20-,22+,23+,24-,25-,26+/m1/s1. The van der Waals surface area contributed by atoms with Crippen LogP contribution in [0.25, 0.3) is 0 Å². The number of carbonyl (C=O) groups is 2. The Morgan fingerprint density at radius 3 is 2.62 bits per heavy atom. The summed E-state index contributed by atoms with van der Waals surface area (Å²) in [5.74, 6) is 0.984. The van der Waals surface area contributed by atoms with Gasteiger partial charge in [0, 0.05) is 31.6 Å². The van der Waals surface area contributed by atoms with Crippen molar-refractivity contribution in [3.05, 3.63) is 11.6 Å². The van der Waals surface area contributed by atoms with Gasteiger partial charge in [0.05, 0.1) is 18.8 Å². The molecule has 4 rings (SSSR count). The normalized spacial score (nSPS) is 47.2. The lowest BCUT2D eigenvalue weighted by Crippen LogP contribution is -2.57. The number of hydrogen-bond acceptors (Lipinski definition) is 6. The van der Waals surface area contributed by atoms with Crippen molar-refractivity contribution in [2.45, 2.75) is 104 Å². The second kappa shape index (κ2) is 9.09. The molecule has 180 valence electrons. The summed E-state index contributed by atoms with van der Waals surface area (Å²) in [6, 6.07) is 0. The van der Waals surface area contributed by atoms with Gasteiger partial charge in [-0.15, -0.1) is 0 Å². The predicted octanol–water partition coefficient (Wildman–Crippen LogP) is 4.45. The van der Waals surface area contributed by atoms with Gasteiger partial charge in [-0.1, -0.05) is 32.4 Å². The fourth-order valence-corrected chi connectivity index (χ4v) is 6.88. The molecule has 0 N–H and O–H groups in total. The summed E-state index contributed by atoms with van der Waals surface area (Å²) in [5.41, 5.74) is 0.475. The van der Waals surface area contributed by atoms with Crippen LogP contribution in [-0.2, 0) is 28.5 Å². The summed E-state index contributed by atoms with van der Waals surface area (Å²) >= 11 is 0. The van der Waals surface area contributed by atoms with Crippen LogP contribution in [0, 0.1) is 29.6 Å². The number of esters is 2. The zero-order chi connectivity index (χ0) is 23.2. The summed E-state index contributed by atoms with van der Waals surface area (Å²) in [7, 11) is 0. The Labute approximate surface area is 192 Å². The molecule has 0 aromatic rings. The lowest BCUT2D eigenvalue weighted by molar-refractivity contribution is -0.200. The van der Waals surface area contributed by atoms with Crippen molar-refractivity contribution in [3.8, 4) is 0 Å². The van der Waals surface area contributed by atoms with Crippen molar-refractivity contribution in [3.63, 3.8) is 0 Å². The molecule has 6 nitrogen and oxygen atoms in total. The van der Waals surface area contributed by atoms with Crippen molar-refractivity contribution < 1.29 is 28.5 Å². The molecule has 4 aliphatic rings.